The SMILES string of the molecule is CC(I)C(I)C(I)C(I)C(I)(I)C(C)C. The fourth-order valence-electron chi connectivity index (χ4n) is 0.945. The Labute approximate surface area is 175 Å². The van der Waals surface area contributed by atoms with Gasteiger partial charge in [0.1, 0.15) is 0 Å². The Kier molecular flexibility index (Phi) is 11.1. The van der Waals surface area contributed by atoms with Gasteiger partial charge in [-0.1, -0.05) is 156 Å². The van der Waals surface area contributed by atoms with E-state index in [1.165, 1.54) is 0 Å². The van der Waals surface area contributed by atoms with Crippen molar-refractivity contribution in [3.63, 3.8) is 0 Å². The number of alkyl halides is 6. The Bertz CT molecular complexity index is 191. The maximum Gasteiger partial charge on any atom is 0.0884 e. The minimum atomic E-state index is 0.358. The highest BCUT2D eigenvalue weighted by molar-refractivity contribution is 14.2. The molecule has 0 aromatic rings. The van der Waals surface area contributed by atoms with Gasteiger partial charge in [-0.3, -0.25) is 0 Å². The normalized spacial score (nSPS) is 21.2. The predicted molar refractivity (Wildman–Crippen MR) is 123 cm³/mol. The van der Waals surface area contributed by atoms with Crippen LogP contribution in [0.5, 0.6) is 0 Å². The largest absolute Gasteiger partial charge is 0.0884 e. The molecule has 4 atom stereocenters. The van der Waals surface area contributed by atoms with Gasteiger partial charge in [0.2, 0.25) is 0 Å². The third-order valence-electron chi connectivity index (χ3n) is 2.16. The van der Waals surface area contributed by atoms with Crippen LogP contribution in [-0.2, 0) is 0 Å². The van der Waals surface area contributed by atoms with E-state index in [1.807, 2.05) is 0 Å². The van der Waals surface area contributed by atoms with E-state index in [-0.39, 0.29) is 0 Å². The topological polar surface area (TPSA) is 0 Å². The Morgan fingerprint density at radius 2 is 1.20 bits per heavy atom. The second-order valence-electron chi connectivity index (χ2n) is 3.80. The summed E-state index contributed by atoms with van der Waals surface area (Å²) in [6.45, 7) is 6.96. The third-order valence-corrected chi connectivity index (χ3v) is 18.4. The van der Waals surface area contributed by atoms with Crippen LogP contribution in [0.15, 0.2) is 0 Å². The fourth-order valence-corrected chi connectivity index (χ4v) is 7.90. The molecule has 0 amide bonds. The van der Waals surface area contributed by atoms with Crippen molar-refractivity contribution in [2.75, 3.05) is 0 Å². The quantitative estimate of drug-likeness (QED) is 0.221. The summed E-state index contributed by atoms with van der Waals surface area (Å²) in [6.07, 6.45) is 0. The van der Waals surface area contributed by atoms with Crippen LogP contribution in [0.2, 0.25) is 0 Å². The van der Waals surface area contributed by atoms with Crippen LogP contribution in [0.4, 0.5) is 0 Å². The average molecular weight is 884 g/mol. The minimum absolute atomic E-state index is 0.358. The third kappa shape index (κ3) is 6.12. The molecule has 0 saturated carbocycles. The molecule has 0 fully saturated rings. The molecule has 0 radical (unpaired) electrons. The van der Waals surface area contributed by atoms with E-state index in [1.54, 1.807) is 0 Å². The van der Waals surface area contributed by atoms with Crippen LogP contribution < -0.4 is 0 Å². The average Bonchev–Trinajstić information content (AvgIpc) is 2.13. The van der Waals surface area contributed by atoms with Crippen LogP contribution in [0.25, 0.3) is 0 Å². The van der Waals surface area contributed by atoms with Crippen molar-refractivity contribution in [2.24, 2.45) is 5.92 Å². The van der Waals surface area contributed by atoms with Crippen LogP contribution in [0.1, 0.15) is 20.8 Å². The zero-order valence-electron chi connectivity index (χ0n) is 8.65. The first-order valence-corrected chi connectivity index (χ1v) is 11.7. The van der Waals surface area contributed by atoms with E-state index >= 15 is 0 Å². The first kappa shape index (κ1) is 19.4. The maximum absolute atomic E-state index is 2.64. The van der Waals surface area contributed by atoms with Crippen molar-refractivity contribution in [3.05, 3.63) is 0 Å². The van der Waals surface area contributed by atoms with Crippen molar-refractivity contribution < 1.29 is 0 Å². The Balaban J connectivity index is 4.63. The number of halogens is 6. The van der Waals surface area contributed by atoms with E-state index in [9.17, 15) is 0 Å². The molecule has 0 saturated heterocycles. The molecule has 0 aliphatic carbocycles. The second kappa shape index (κ2) is 8.62. The highest BCUT2D eigenvalue weighted by Crippen LogP contribution is 2.47. The molecule has 4 unspecified atom stereocenters. The fraction of sp³-hybridized carbons (Fsp3) is 1.00. The Morgan fingerprint density at radius 1 is 0.800 bits per heavy atom. The minimum Gasteiger partial charge on any atom is -0.0817 e. The maximum atomic E-state index is 2.64. The van der Waals surface area contributed by atoms with Crippen molar-refractivity contribution in [1.82, 2.24) is 0 Å². The predicted octanol–water partition coefficient (Wildman–Crippen LogP) is 6.44. The molecule has 0 aliphatic heterocycles. The van der Waals surface area contributed by atoms with E-state index in [0.29, 0.717) is 11.3 Å². The lowest BCUT2D eigenvalue weighted by molar-refractivity contribution is 0.588. The van der Waals surface area contributed by atoms with E-state index < -0.39 is 0 Å². The smallest absolute Gasteiger partial charge is 0.0817 e. The molecule has 92 valence electrons. The van der Waals surface area contributed by atoms with Crippen molar-refractivity contribution in [1.29, 1.82) is 0 Å². The highest BCUT2D eigenvalue weighted by atomic mass is 127. The summed E-state index contributed by atoms with van der Waals surface area (Å²) in [5.41, 5.74) is 0. The van der Waals surface area contributed by atoms with Crippen molar-refractivity contribution in [3.8, 4) is 0 Å². The Hall–Kier alpha value is 4.38. The lowest BCUT2D eigenvalue weighted by atomic mass is 10.0. The van der Waals surface area contributed by atoms with Gasteiger partial charge >= 0.3 is 0 Å². The monoisotopic (exact) mass is 884 g/mol. The summed E-state index contributed by atoms with van der Waals surface area (Å²) in [6, 6.07) is 0. The molecule has 0 aromatic carbocycles. The second-order valence-corrected chi connectivity index (χ2v) is 15.6. The number of rotatable bonds is 5. The molecular formula is C9H14I6. The molecular weight excluding hydrogens is 870 g/mol. The van der Waals surface area contributed by atoms with Gasteiger partial charge in [-0.05, 0) is 5.92 Å². The first-order chi connectivity index (χ1) is 6.62. The molecule has 6 heteroatoms. The van der Waals surface area contributed by atoms with Gasteiger partial charge in [0, 0.05) is 15.7 Å². The van der Waals surface area contributed by atoms with Gasteiger partial charge in [-0.25, -0.2) is 0 Å². The molecule has 0 aliphatic rings. The summed E-state index contributed by atoms with van der Waals surface area (Å²) >= 11 is 15.7. The summed E-state index contributed by atoms with van der Waals surface area (Å²) in [7, 11) is 0. The highest BCUT2D eigenvalue weighted by Gasteiger charge is 2.41. The van der Waals surface area contributed by atoms with E-state index in [2.05, 4.69) is 156 Å². The zero-order chi connectivity index (χ0) is 12.4. The number of hydrogen-bond donors (Lipinski definition) is 0. The molecule has 0 N–H and O–H groups in total. The van der Waals surface area contributed by atoms with E-state index in [0.717, 1.165) is 11.8 Å². The molecule has 0 aromatic heterocycles. The first-order valence-electron chi connectivity index (χ1n) is 4.56. The van der Waals surface area contributed by atoms with Gasteiger partial charge in [-0.15, -0.1) is 0 Å². The van der Waals surface area contributed by atoms with Crippen LogP contribution >= 0.6 is 136 Å². The lowest BCUT2D eigenvalue weighted by Gasteiger charge is -2.36. The Morgan fingerprint density at radius 3 is 1.47 bits per heavy atom. The van der Waals surface area contributed by atoms with E-state index in [4.69, 9.17) is 0 Å². The molecule has 15 heavy (non-hydrogen) atoms. The van der Waals surface area contributed by atoms with Crippen LogP contribution in [0.3, 0.4) is 0 Å². The summed E-state index contributed by atoms with van der Waals surface area (Å²) in [5.74, 6) is 0.714. The summed E-state index contributed by atoms with van der Waals surface area (Å²) in [5, 5.41) is 0. The lowest BCUT2D eigenvalue weighted by Crippen LogP contribution is -2.42. The molecule has 0 heterocycles. The number of hydrogen-bond acceptors (Lipinski definition) is 0. The summed E-state index contributed by atoms with van der Waals surface area (Å²) in [4.78, 5) is 0. The van der Waals surface area contributed by atoms with Gasteiger partial charge in [-0.2, -0.15) is 0 Å². The standard InChI is InChI=1S/C9H14I6/c1-4(2)9(14,15)8(13)7(12)6(11)5(3)10/h4-8H,1-3H3. The molecule has 0 nitrogen and oxygen atoms in total. The molecule has 0 rings (SSSR count). The van der Waals surface area contributed by atoms with Gasteiger partial charge < -0.3 is 0 Å². The van der Waals surface area contributed by atoms with Crippen LogP contribution in [0, 0.1) is 5.92 Å². The van der Waals surface area contributed by atoms with Crippen molar-refractivity contribution >= 4 is 136 Å². The summed E-state index contributed by atoms with van der Waals surface area (Å²) < 4.78 is 3.27. The van der Waals surface area contributed by atoms with Crippen LogP contribution in [-0.4, -0.2) is 17.1 Å². The zero-order valence-corrected chi connectivity index (χ0v) is 21.6. The molecule has 0 bridgehead atoms. The molecule has 0 spiro atoms. The van der Waals surface area contributed by atoms with Gasteiger partial charge in [0.05, 0.1) is 1.43 Å². The van der Waals surface area contributed by atoms with Gasteiger partial charge in [0.15, 0.2) is 0 Å². The van der Waals surface area contributed by atoms with Gasteiger partial charge in [0.25, 0.3) is 0 Å². The van der Waals surface area contributed by atoms with Crippen molar-refractivity contribution in [2.45, 2.75) is 37.9 Å².